The predicted molar refractivity (Wildman–Crippen MR) is 114 cm³/mol. The van der Waals surface area contributed by atoms with Crippen molar-refractivity contribution in [1.82, 2.24) is 14.9 Å². The molecule has 1 N–H and O–H groups in total. The average Bonchev–Trinajstić information content (AvgIpc) is 3.55. The quantitative estimate of drug-likeness (QED) is 0.687. The third-order valence-corrected chi connectivity index (χ3v) is 5.54. The summed E-state index contributed by atoms with van der Waals surface area (Å²) in [6.45, 7) is 3.55. The normalized spacial score (nSPS) is 18.1. The number of carbonyl (C=O) groups excluding carboxylic acids is 1. The molecule has 31 heavy (non-hydrogen) atoms. The van der Waals surface area contributed by atoms with Gasteiger partial charge < -0.3 is 15.0 Å². The first kappa shape index (κ1) is 21.2. The van der Waals surface area contributed by atoms with Gasteiger partial charge in [-0.1, -0.05) is 0 Å². The van der Waals surface area contributed by atoms with Gasteiger partial charge in [-0.25, -0.2) is 13.3 Å². The SMILES string of the molecule is Fc1ccc(F)cc1.O=C(NCC1CCCO1)c1cnn2ccc(N3CCCC3)cc12. The molecule has 0 bridgehead atoms. The molecule has 2 fully saturated rings. The standard InChI is InChI=1S/C17H22N4O2.C6H4F2/c22-17(18-11-14-4-3-9-23-14)15-12-19-21-8-5-13(10-16(15)21)20-6-1-2-7-20;7-5-1-2-6(8)4-3-5/h5,8,10,12,14H,1-4,6-7,9,11H2,(H,18,22);1-4H. The van der Waals surface area contributed by atoms with Gasteiger partial charge in [0.05, 0.1) is 23.4 Å². The number of fused-ring (bicyclic) bond motifs is 1. The molecule has 1 unspecified atom stereocenters. The maximum absolute atomic E-state index is 12.5. The van der Waals surface area contributed by atoms with Crippen molar-refractivity contribution in [2.45, 2.75) is 31.8 Å². The highest BCUT2D eigenvalue weighted by Gasteiger charge is 2.19. The number of aromatic nitrogens is 2. The van der Waals surface area contributed by atoms with Gasteiger partial charge in [-0.05, 0) is 62.1 Å². The lowest BCUT2D eigenvalue weighted by Crippen LogP contribution is -2.31. The van der Waals surface area contributed by atoms with Gasteiger partial charge in [-0.2, -0.15) is 5.10 Å². The van der Waals surface area contributed by atoms with Gasteiger partial charge >= 0.3 is 0 Å². The molecule has 3 aromatic rings. The first-order chi connectivity index (χ1) is 15.1. The Kier molecular flexibility index (Phi) is 6.76. The molecule has 2 aliphatic rings. The molecular formula is C23H26F2N4O2. The second-order valence-electron chi connectivity index (χ2n) is 7.75. The molecule has 1 amide bonds. The lowest BCUT2D eigenvalue weighted by Gasteiger charge is -2.17. The first-order valence-electron chi connectivity index (χ1n) is 10.6. The number of rotatable bonds is 4. The number of hydrogen-bond donors (Lipinski definition) is 1. The molecule has 1 atom stereocenters. The molecule has 0 aliphatic carbocycles. The molecule has 164 valence electrons. The van der Waals surface area contributed by atoms with Crippen LogP contribution < -0.4 is 10.2 Å². The Bertz CT molecular complexity index is 989. The van der Waals surface area contributed by atoms with Crippen molar-refractivity contribution < 1.29 is 18.3 Å². The summed E-state index contributed by atoms with van der Waals surface area (Å²) in [5, 5.41) is 7.27. The molecule has 4 heterocycles. The predicted octanol–water partition coefficient (Wildman–Crippen LogP) is 3.81. The van der Waals surface area contributed by atoms with Gasteiger partial charge in [0, 0.05) is 38.1 Å². The van der Waals surface area contributed by atoms with Crippen LogP contribution in [0.25, 0.3) is 5.52 Å². The number of hydrogen-bond acceptors (Lipinski definition) is 4. The van der Waals surface area contributed by atoms with E-state index in [-0.39, 0.29) is 12.0 Å². The van der Waals surface area contributed by atoms with Gasteiger partial charge in [0.15, 0.2) is 0 Å². The third-order valence-electron chi connectivity index (χ3n) is 5.54. The summed E-state index contributed by atoms with van der Waals surface area (Å²) in [5.41, 5.74) is 2.66. The molecule has 6 nitrogen and oxygen atoms in total. The number of anilines is 1. The van der Waals surface area contributed by atoms with Crippen LogP contribution in [0.15, 0.2) is 48.8 Å². The highest BCUT2D eigenvalue weighted by molar-refractivity contribution is 6.01. The van der Waals surface area contributed by atoms with Crippen LogP contribution in [0.3, 0.4) is 0 Å². The Balaban J connectivity index is 0.000000245. The maximum atomic E-state index is 12.5. The van der Waals surface area contributed by atoms with Crippen LogP contribution in [0.5, 0.6) is 0 Å². The summed E-state index contributed by atoms with van der Waals surface area (Å²) in [6.07, 6.45) is 8.30. The number of amides is 1. The van der Waals surface area contributed by atoms with Crippen molar-refractivity contribution in [3.05, 3.63) is 66.0 Å². The lowest BCUT2D eigenvalue weighted by molar-refractivity contribution is 0.0859. The van der Waals surface area contributed by atoms with E-state index in [0.717, 1.165) is 62.3 Å². The van der Waals surface area contributed by atoms with Crippen molar-refractivity contribution in [3.8, 4) is 0 Å². The van der Waals surface area contributed by atoms with Gasteiger partial charge in [0.25, 0.3) is 5.91 Å². The van der Waals surface area contributed by atoms with Crippen LogP contribution in [-0.4, -0.2) is 47.9 Å². The Labute approximate surface area is 179 Å². The Morgan fingerprint density at radius 1 is 1.10 bits per heavy atom. The highest BCUT2D eigenvalue weighted by atomic mass is 19.1. The number of benzene rings is 1. The van der Waals surface area contributed by atoms with Gasteiger partial charge in [0.2, 0.25) is 0 Å². The van der Waals surface area contributed by atoms with E-state index in [1.54, 1.807) is 10.7 Å². The van der Waals surface area contributed by atoms with Crippen molar-refractivity contribution in [2.75, 3.05) is 31.1 Å². The van der Waals surface area contributed by atoms with E-state index in [9.17, 15) is 13.6 Å². The van der Waals surface area contributed by atoms with Crippen molar-refractivity contribution in [1.29, 1.82) is 0 Å². The zero-order valence-electron chi connectivity index (χ0n) is 17.3. The van der Waals surface area contributed by atoms with Crippen molar-refractivity contribution in [2.24, 2.45) is 0 Å². The molecule has 8 heteroatoms. The fourth-order valence-electron chi connectivity index (χ4n) is 3.85. The Morgan fingerprint density at radius 2 is 1.81 bits per heavy atom. The molecule has 1 aromatic carbocycles. The van der Waals surface area contributed by atoms with E-state index >= 15 is 0 Å². The second kappa shape index (κ2) is 9.87. The molecule has 5 rings (SSSR count). The molecule has 2 saturated heterocycles. The van der Waals surface area contributed by atoms with E-state index in [4.69, 9.17) is 4.74 Å². The fraction of sp³-hybridized carbons (Fsp3) is 0.391. The van der Waals surface area contributed by atoms with Crippen molar-refractivity contribution >= 4 is 17.1 Å². The average molecular weight is 428 g/mol. The van der Waals surface area contributed by atoms with Crippen LogP contribution in [-0.2, 0) is 4.74 Å². The molecule has 0 radical (unpaired) electrons. The van der Waals surface area contributed by atoms with Crippen molar-refractivity contribution in [3.63, 3.8) is 0 Å². The number of nitrogens with zero attached hydrogens (tertiary/aromatic N) is 3. The van der Waals surface area contributed by atoms with Crippen LogP contribution in [0.1, 0.15) is 36.0 Å². The summed E-state index contributed by atoms with van der Waals surface area (Å²) < 4.78 is 31.2. The summed E-state index contributed by atoms with van der Waals surface area (Å²) in [4.78, 5) is 14.8. The largest absolute Gasteiger partial charge is 0.376 e. The highest BCUT2D eigenvalue weighted by Crippen LogP contribution is 2.23. The number of ether oxygens (including phenoxy) is 1. The Hall–Kier alpha value is -3.00. The van der Waals surface area contributed by atoms with Gasteiger partial charge in [0.1, 0.15) is 11.6 Å². The summed E-state index contributed by atoms with van der Waals surface area (Å²) in [5.74, 6) is -0.896. The van der Waals surface area contributed by atoms with E-state index < -0.39 is 11.6 Å². The van der Waals surface area contributed by atoms with Gasteiger partial charge in [-0.3, -0.25) is 4.79 Å². The summed E-state index contributed by atoms with van der Waals surface area (Å²) in [6, 6.07) is 8.45. The number of nitrogens with one attached hydrogen (secondary N) is 1. The number of carbonyl (C=O) groups is 1. The first-order valence-corrected chi connectivity index (χ1v) is 10.6. The van der Waals surface area contributed by atoms with Crippen LogP contribution in [0, 0.1) is 11.6 Å². The minimum atomic E-state index is -0.411. The monoisotopic (exact) mass is 428 g/mol. The topological polar surface area (TPSA) is 58.9 Å². The molecule has 2 aliphatic heterocycles. The van der Waals surface area contributed by atoms with E-state index in [0.29, 0.717) is 12.1 Å². The molecule has 0 spiro atoms. The lowest BCUT2D eigenvalue weighted by atomic mass is 10.2. The third kappa shape index (κ3) is 5.38. The second-order valence-corrected chi connectivity index (χ2v) is 7.75. The van der Waals surface area contributed by atoms with E-state index in [1.165, 1.54) is 18.5 Å². The summed E-state index contributed by atoms with van der Waals surface area (Å²) in [7, 11) is 0. The molecule has 0 saturated carbocycles. The van der Waals surface area contributed by atoms with Crippen LogP contribution >= 0.6 is 0 Å². The Morgan fingerprint density at radius 3 is 2.45 bits per heavy atom. The molecular weight excluding hydrogens is 402 g/mol. The maximum Gasteiger partial charge on any atom is 0.255 e. The van der Waals surface area contributed by atoms with Gasteiger partial charge in [-0.15, -0.1) is 0 Å². The van der Waals surface area contributed by atoms with E-state index in [1.807, 2.05) is 6.20 Å². The van der Waals surface area contributed by atoms with Crippen LogP contribution in [0.4, 0.5) is 14.5 Å². The smallest absolute Gasteiger partial charge is 0.255 e. The fourth-order valence-corrected chi connectivity index (χ4v) is 3.85. The minimum Gasteiger partial charge on any atom is -0.376 e. The zero-order chi connectivity index (χ0) is 21.6. The minimum absolute atomic E-state index is 0.0749. The van der Waals surface area contributed by atoms with E-state index in [2.05, 4.69) is 27.4 Å². The number of pyridine rings is 1. The zero-order valence-corrected chi connectivity index (χ0v) is 17.3. The van der Waals surface area contributed by atoms with Crippen LogP contribution in [0.2, 0.25) is 0 Å². The molecule has 2 aromatic heterocycles. The summed E-state index contributed by atoms with van der Waals surface area (Å²) >= 11 is 0. The number of halogens is 2.